The van der Waals surface area contributed by atoms with Crippen molar-refractivity contribution < 1.29 is 4.79 Å². The summed E-state index contributed by atoms with van der Waals surface area (Å²) in [5.41, 5.74) is 3.34. The highest BCUT2D eigenvalue weighted by Gasteiger charge is 2.11. The lowest BCUT2D eigenvalue weighted by molar-refractivity contribution is 0.240. The first kappa shape index (κ1) is 22.7. The third-order valence-corrected chi connectivity index (χ3v) is 5.66. The van der Waals surface area contributed by atoms with Crippen LogP contribution in [0, 0.1) is 0 Å². The van der Waals surface area contributed by atoms with Crippen LogP contribution in [-0.2, 0) is 13.0 Å². The van der Waals surface area contributed by atoms with Crippen LogP contribution in [-0.4, -0.2) is 32.1 Å². The Morgan fingerprint density at radius 1 is 0.970 bits per heavy atom. The highest BCUT2D eigenvalue weighted by molar-refractivity contribution is 6.29. The molecule has 0 fully saturated rings. The van der Waals surface area contributed by atoms with Gasteiger partial charge in [-0.1, -0.05) is 48.7 Å². The zero-order valence-corrected chi connectivity index (χ0v) is 19.1. The number of para-hydroxylation sites is 1. The standard InChI is InChI=1S/C25H27ClN6O/c26-23-12-15-28-24(31-23)32-18-20(21-10-4-5-11-22(21)32)9-3-1-2-6-14-29-25(33)30-17-19-8-7-13-27-16-19/h4-5,7-8,10-13,15-16,18H,1-3,6,9,14,17H2,(H2,29,30,33). The molecular formula is C25H27ClN6O. The van der Waals surface area contributed by atoms with Crippen LogP contribution in [0.3, 0.4) is 0 Å². The molecular weight excluding hydrogens is 436 g/mol. The van der Waals surface area contributed by atoms with Crippen molar-refractivity contribution in [3.8, 4) is 5.95 Å². The smallest absolute Gasteiger partial charge is 0.315 e. The first-order valence-electron chi connectivity index (χ1n) is 11.2. The molecule has 7 nitrogen and oxygen atoms in total. The van der Waals surface area contributed by atoms with Gasteiger partial charge in [0.2, 0.25) is 5.95 Å². The van der Waals surface area contributed by atoms with Crippen molar-refractivity contribution >= 4 is 28.5 Å². The number of amides is 2. The zero-order chi connectivity index (χ0) is 22.9. The molecule has 170 valence electrons. The molecule has 0 saturated heterocycles. The summed E-state index contributed by atoms with van der Waals surface area (Å²) in [5, 5.41) is 7.41. The van der Waals surface area contributed by atoms with E-state index < -0.39 is 0 Å². The number of halogens is 1. The number of nitrogens with zero attached hydrogens (tertiary/aromatic N) is 4. The molecule has 4 aromatic rings. The van der Waals surface area contributed by atoms with E-state index >= 15 is 0 Å². The van der Waals surface area contributed by atoms with E-state index in [1.807, 2.05) is 22.8 Å². The minimum atomic E-state index is -0.144. The van der Waals surface area contributed by atoms with E-state index in [2.05, 4.69) is 50.0 Å². The number of hydrogen-bond acceptors (Lipinski definition) is 4. The lowest BCUT2D eigenvalue weighted by Gasteiger charge is -2.07. The molecule has 0 radical (unpaired) electrons. The van der Waals surface area contributed by atoms with Gasteiger partial charge < -0.3 is 10.6 Å². The maximum absolute atomic E-state index is 11.9. The summed E-state index contributed by atoms with van der Waals surface area (Å²) in [6, 6.07) is 13.6. The number of pyridine rings is 1. The van der Waals surface area contributed by atoms with Crippen LogP contribution in [0.5, 0.6) is 0 Å². The average molecular weight is 463 g/mol. The zero-order valence-electron chi connectivity index (χ0n) is 18.4. The van der Waals surface area contributed by atoms with Crippen molar-refractivity contribution in [3.05, 3.63) is 83.5 Å². The molecule has 0 unspecified atom stereocenters. The van der Waals surface area contributed by atoms with Crippen molar-refractivity contribution in [2.75, 3.05) is 6.54 Å². The second-order valence-electron chi connectivity index (χ2n) is 7.86. The number of nitrogens with one attached hydrogen (secondary N) is 2. The van der Waals surface area contributed by atoms with Gasteiger partial charge in [-0.2, -0.15) is 0 Å². The Balaban J connectivity index is 1.20. The second-order valence-corrected chi connectivity index (χ2v) is 8.24. The first-order valence-corrected chi connectivity index (χ1v) is 11.6. The molecule has 0 atom stereocenters. The maximum Gasteiger partial charge on any atom is 0.315 e. The quantitative estimate of drug-likeness (QED) is 0.254. The van der Waals surface area contributed by atoms with Gasteiger partial charge in [-0.05, 0) is 48.6 Å². The fraction of sp³-hybridized carbons (Fsp3) is 0.280. The van der Waals surface area contributed by atoms with Crippen LogP contribution in [0.25, 0.3) is 16.9 Å². The minimum absolute atomic E-state index is 0.144. The number of aryl methyl sites for hydroxylation is 1. The number of carbonyl (C=O) groups excluding carboxylic acids is 1. The van der Waals surface area contributed by atoms with Gasteiger partial charge >= 0.3 is 6.03 Å². The lowest BCUT2D eigenvalue weighted by atomic mass is 10.1. The second kappa shape index (κ2) is 11.4. The Hall–Kier alpha value is -3.45. The highest BCUT2D eigenvalue weighted by atomic mass is 35.5. The minimum Gasteiger partial charge on any atom is -0.338 e. The third kappa shape index (κ3) is 6.29. The van der Waals surface area contributed by atoms with Gasteiger partial charge in [0.05, 0.1) is 5.52 Å². The van der Waals surface area contributed by atoms with Crippen LogP contribution in [0.2, 0.25) is 5.15 Å². The molecule has 33 heavy (non-hydrogen) atoms. The first-order chi connectivity index (χ1) is 16.2. The topological polar surface area (TPSA) is 84.7 Å². The number of rotatable bonds is 10. The highest BCUT2D eigenvalue weighted by Crippen LogP contribution is 2.25. The van der Waals surface area contributed by atoms with E-state index in [0.29, 0.717) is 24.2 Å². The molecule has 0 spiro atoms. The van der Waals surface area contributed by atoms with Crippen LogP contribution in [0.1, 0.15) is 36.8 Å². The van der Waals surface area contributed by atoms with Crippen molar-refractivity contribution in [3.63, 3.8) is 0 Å². The Labute approximate surface area is 198 Å². The van der Waals surface area contributed by atoms with Crippen LogP contribution >= 0.6 is 11.6 Å². The van der Waals surface area contributed by atoms with Gasteiger partial charge in [0.1, 0.15) is 5.15 Å². The Kier molecular flexibility index (Phi) is 7.87. The van der Waals surface area contributed by atoms with Gasteiger partial charge in [-0.15, -0.1) is 0 Å². The summed E-state index contributed by atoms with van der Waals surface area (Å²) in [6.07, 6.45) is 12.4. The molecule has 0 aliphatic heterocycles. The predicted octanol–water partition coefficient (Wildman–Crippen LogP) is 5.07. The summed E-state index contributed by atoms with van der Waals surface area (Å²) < 4.78 is 2.00. The molecule has 3 aromatic heterocycles. The number of carbonyl (C=O) groups is 1. The largest absolute Gasteiger partial charge is 0.338 e. The van der Waals surface area contributed by atoms with E-state index in [-0.39, 0.29) is 6.03 Å². The SMILES string of the molecule is O=C(NCCCCCCc1cn(-c2nccc(Cl)n2)c2ccccc12)NCc1cccnc1. The van der Waals surface area contributed by atoms with E-state index in [0.717, 1.165) is 43.2 Å². The van der Waals surface area contributed by atoms with E-state index in [9.17, 15) is 4.79 Å². The maximum atomic E-state index is 11.9. The predicted molar refractivity (Wildman–Crippen MR) is 131 cm³/mol. The molecule has 0 saturated carbocycles. The van der Waals surface area contributed by atoms with Crippen molar-refractivity contribution in [2.24, 2.45) is 0 Å². The number of fused-ring (bicyclic) bond motifs is 1. The molecule has 1 aromatic carbocycles. The van der Waals surface area contributed by atoms with E-state index in [1.165, 1.54) is 10.9 Å². The summed E-state index contributed by atoms with van der Waals surface area (Å²) in [7, 11) is 0. The number of benzene rings is 1. The lowest BCUT2D eigenvalue weighted by Crippen LogP contribution is -2.35. The van der Waals surface area contributed by atoms with Crippen molar-refractivity contribution in [2.45, 2.75) is 38.6 Å². The van der Waals surface area contributed by atoms with Crippen LogP contribution < -0.4 is 10.6 Å². The Bertz CT molecular complexity index is 1190. The normalized spacial score (nSPS) is 10.9. The Morgan fingerprint density at radius 3 is 2.70 bits per heavy atom. The monoisotopic (exact) mass is 462 g/mol. The number of urea groups is 1. The molecule has 0 aliphatic rings. The number of aromatic nitrogens is 4. The van der Waals surface area contributed by atoms with Crippen LogP contribution in [0.15, 0.2) is 67.3 Å². The van der Waals surface area contributed by atoms with Gasteiger partial charge in [-0.3, -0.25) is 9.55 Å². The van der Waals surface area contributed by atoms with E-state index in [4.69, 9.17) is 11.6 Å². The molecule has 2 N–H and O–H groups in total. The summed E-state index contributed by atoms with van der Waals surface area (Å²) in [6.45, 7) is 1.15. The summed E-state index contributed by atoms with van der Waals surface area (Å²) >= 11 is 6.06. The van der Waals surface area contributed by atoms with Gasteiger partial charge in [0.25, 0.3) is 0 Å². The average Bonchev–Trinajstić information content (AvgIpc) is 3.21. The molecule has 8 heteroatoms. The van der Waals surface area contributed by atoms with Crippen molar-refractivity contribution in [1.29, 1.82) is 0 Å². The third-order valence-electron chi connectivity index (χ3n) is 5.45. The number of hydrogen-bond donors (Lipinski definition) is 2. The fourth-order valence-electron chi connectivity index (χ4n) is 3.80. The Morgan fingerprint density at radius 2 is 1.85 bits per heavy atom. The number of unbranched alkanes of at least 4 members (excludes halogenated alkanes) is 3. The molecule has 3 heterocycles. The van der Waals surface area contributed by atoms with Crippen molar-refractivity contribution in [1.82, 2.24) is 30.2 Å². The van der Waals surface area contributed by atoms with E-state index in [1.54, 1.807) is 24.7 Å². The van der Waals surface area contributed by atoms with Crippen LogP contribution in [0.4, 0.5) is 4.79 Å². The fourth-order valence-corrected chi connectivity index (χ4v) is 3.93. The van der Waals surface area contributed by atoms with Gasteiger partial charge in [0, 0.05) is 43.3 Å². The van der Waals surface area contributed by atoms with Gasteiger partial charge in [-0.25, -0.2) is 14.8 Å². The summed E-state index contributed by atoms with van der Waals surface area (Å²) in [4.78, 5) is 24.7. The van der Waals surface area contributed by atoms with Gasteiger partial charge in [0.15, 0.2) is 0 Å². The summed E-state index contributed by atoms with van der Waals surface area (Å²) in [5.74, 6) is 0.581. The molecule has 4 rings (SSSR count). The molecule has 0 aliphatic carbocycles. The molecule has 0 bridgehead atoms. The molecule has 2 amide bonds.